The smallest absolute Gasteiger partial charge is 1.00 e. The molecule has 0 saturated heterocycles. The van der Waals surface area contributed by atoms with Crippen LogP contribution in [0.2, 0.25) is 0 Å². The molecule has 3 rings (SSSR count). The Morgan fingerprint density at radius 3 is 1.29 bits per heavy atom. The van der Waals surface area contributed by atoms with E-state index in [9.17, 15) is 0 Å². The SMILES string of the molecule is CC1=C(C)C(C(c2cc(C)cc(C)c2)c2cc(C)cc(C)c2)=[C-]C1.[Cl-].[Cl-].[Cl-].[Ti+4]. The molecule has 0 spiro atoms. The zero-order valence-corrected chi connectivity index (χ0v) is 21.2. The maximum absolute atomic E-state index is 3.67. The number of hydrogen-bond acceptors (Lipinski definition) is 0. The third-order valence-electron chi connectivity index (χ3n) is 5.03. The average molecular weight is 470 g/mol. The van der Waals surface area contributed by atoms with Gasteiger partial charge in [-0.25, -0.2) is 5.57 Å². The Morgan fingerprint density at radius 1 is 0.643 bits per heavy atom. The zero-order valence-electron chi connectivity index (χ0n) is 17.4. The predicted octanol–water partition coefficient (Wildman–Crippen LogP) is -2.47. The first-order valence-electron chi connectivity index (χ1n) is 8.79. The molecule has 0 atom stereocenters. The van der Waals surface area contributed by atoms with Crippen LogP contribution in [0.15, 0.2) is 53.1 Å². The van der Waals surface area contributed by atoms with Crippen LogP contribution in [0.3, 0.4) is 0 Å². The van der Waals surface area contributed by atoms with Crippen LogP contribution < -0.4 is 37.2 Å². The summed E-state index contributed by atoms with van der Waals surface area (Å²) < 4.78 is 0. The standard InChI is InChI=1S/C24H27.3ClH.Ti/c1-15-9-16(2)12-21(11-15)24(23-8-7-19(5)20(23)6)22-13-17(3)10-18(4)14-22;;;;/h9-14,24H,7H2,1-6H3;3*1H;/q-1;;;;+4/p-3. The predicted molar refractivity (Wildman–Crippen MR) is 103 cm³/mol. The fourth-order valence-corrected chi connectivity index (χ4v) is 3.92. The van der Waals surface area contributed by atoms with Crippen molar-refractivity contribution < 1.29 is 58.9 Å². The van der Waals surface area contributed by atoms with E-state index in [-0.39, 0.29) is 64.9 Å². The molecule has 0 nitrogen and oxygen atoms in total. The minimum absolute atomic E-state index is 0. The second-order valence-electron chi connectivity index (χ2n) is 7.45. The van der Waals surface area contributed by atoms with E-state index >= 15 is 0 Å². The number of benzene rings is 2. The maximum Gasteiger partial charge on any atom is 4.00 e. The van der Waals surface area contributed by atoms with Crippen molar-refractivity contribution in [2.45, 2.75) is 53.9 Å². The molecule has 0 aromatic heterocycles. The topological polar surface area (TPSA) is 0 Å². The number of aryl methyl sites for hydroxylation is 4. The van der Waals surface area contributed by atoms with E-state index in [1.54, 1.807) is 0 Å². The summed E-state index contributed by atoms with van der Waals surface area (Å²) in [7, 11) is 0. The second kappa shape index (κ2) is 12.3. The number of rotatable bonds is 3. The van der Waals surface area contributed by atoms with E-state index in [2.05, 4.69) is 84.0 Å². The van der Waals surface area contributed by atoms with Crippen molar-refractivity contribution in [3.05, 3.63) is 92.6 Å². The van der Waals surface area contributed by atoms with Crippen LogP contribution >= 0.6 is 0 Å². The molecular weight excluding hydrogens is 442 g/mol. The van der Waals surface area contributed by atoms with Gasteiger partial charge in [0, 0.05) is 5.92 Å². The first kappa shape index (κ1) is 29.7. The normalized spacial score (nSPS) is 12.5. The van der Waals surface area contributed by atoms with Gasteiger partial charge in [-0.1, -0.05) is 65.6 Å². The summed E-state index contributed by atoms with van der Waals surface area (Å²) in [4.78, 5) is 0. The van der Waals surface area contributed by atoms with Gasteiger partial charge in [-0.05, 0) is 38.8 Å². The molecule has 28 heavy (non-hydrogen) atoms. The number of allylic oxidation sites excluding steroid dienone is 4. The summed E-state index contributed by atoms with van der Waals surface area (Å²) in [5.41, 5.74) is 12.3. The van der Waals surface area contributed by atoms with Gasteiger partial charge in [0.05, 0.1) is 0 Å². The van der Waals surface area contributed by atoms with Crippen molar-refractivity contribution in [2.24, 2.45) is 0 Å². The van der Waals surface area contributed by atoms with Crippen molar-refractivity contribution >= 4 is 0 Å². The van der Waals surface area contributed by atoms with Crippen LogP contribution in [0.25, 0.3) is 0 Å². The van der Waals surface area contributed by atoms with E-state index in [4.69, 9.17) is 0 Å². The van der Waals surface area contributed by atoms with Gasteiger partial charge in [0.1, 0.15) is 0 Å². The summed E-state index contributed by atoms with van der Waals surface area (Å²) in [6.45, 7) is 13.2. The monoisotopic (exact) mass is 468 g/mol. The average Bonchev–Trinajstić information content (AvgIpc) is 2.78. The van der Waals surface area contributed by atoms with Crippen molar-refractivity contribution in [1.29, 1.82) is 0 Å². The summed E-state index contributed by atoms with van der Waals surface area (Å²) in [6.07, 6.45) is 4.64. The first-order chi connectivity index (χ1) is 11.3. The third-order valence-corrected chi connectivity index (χ3v) is 5.03. The Morgan fingerprint density at radius 2 is 1.00 bits per heavy atom. The molecule has 4 heteroatoms. The van der Waals surface area contributed by atoms with Gasteiger partial charge in [-0.2, -0.15) is 11.1 Å². The minimum atomic E-state index is 0. The van der Waals surface area contributed by atoms with Crippen molar-refractivity contribution in [2.75, 3.05) is 0 Å². The van der Waals surface area contributed by atoms with Crippen LogP contribution in [0, 0.1) is 33.8 Å². The molecule has 0 N–H and O–H groups in total. The van der Waals surface area contributed by atoms with Crippen molar-refractivity contribution in [1.82, 2.24) is 0 Å². The maximum atomic E-state index is 3.67. The molecule has 0 radical (unpaired) electrons. The molecule has 148 valence electrons. The minimum Gasteiger partial charge on any atom is -1.00 e. The van der Waals surface area contributed by atoms with Crippen molar-refractivity contribution in [3.8, 4) is 0 Å². The van der Waals surface area contributed by atoms with Gasteiger partial charge in [-0.3, -0.25) is 6.08 Å². The molecule has 1 aliphatic rings. The van der Waals surface area contributed by atoms with Gasteiger partial charge in [-0.15, -0.1) is 13.3 Å². The molecule has 1 aliphatic carbocycles. The molecule has 0 fully saturated rings. The summed E-state index contributed by atoms with van der Waals surface area (Å²) in [5, 5.41) is 0. The van der Waals surface area contributed by atoms with Gasteiger partial charge in [0.2, 0.25) is 0 Å². The summed E-state index contributed by atoms with van der Waals surface area (Å²) in [5.74, 6) is 0.277. The third kappa shape index (κ3) is 6.51. The Kier molecular flexibility index (Phi) is 13.0. The number of hydrogen-bond donors (Lipinski definition) is 0. The second-order valence-corrected chi connectivity index (χ2v) is 7.45. The van der Waals surface area contributed by atoms with E-state index in [0.717, 1.165) is 6.42 Å². The summed E-state index contributed by atoms with van der Waals surface area (Å²) >= 11 is 0. The molecule has 0 aliphatic heterocycles. The van der Waals surface area contributed by atoms with E-state index in [0.29, 0.717) is 0 Å². The van der Waals surface area contributed by atoms with Crippen LogP contribution in [-0.4, -0.2) is 0 Å². The number of halogens is 3. The fraction of sp³-hybridized carbons (Fsp3) is 0.333. The first-order valence-corrected chi connectivity index (χ1v) is 8.79. The molecular formula is C24H27Cl3Ti. The Hall–Kier alpha value is -0.496. The van der Waals surface area contributed by atoms with Gasteiger partial charge in [0.25, 0.3) is 0 Å². The van der Waals surface area contributed by atoms with Crippen LogP contribution in [0.5, 0.6) is 0 Å². The quantitative estimate of drug-likeness (QED) is 0.345. The fourth-order valence-electron chi connectivity index (χ4n) is 3.92. The molecule has 0 saturated carbocycles. The zero-order chi connectivity index (χ0) is 17.4. The Balaban J connectivity index is 0. The molecule has 0 amide bonds. The Bertz CT molecular complexity index is 774. The molecule has 0 unspecified atom stereocenters. The van der Waals surface area contributed by atoms with E-state index in [1.165, 1.54) is 50.1 Å². The van der Waals surface area contributed by atoms with E-state index < -0.39 is 0 Å². The molecule has 2 aromatic carbocycles. The van der Waals surface area contributed by atoms with Crippen LogP contribution in [0.1, 0.15) is 59.6 Å². The van der Waals surface area contributed by atoms with Gasteiger partial charge in [0.15, 0.2) is 0 Å². The van der Waals surface area contributed by atoms with E-state index in [1.807, 2.05) is 0 Å². The van der Waals surface area contributed by atoms with Crippen LogP contribution in [-0.2, 0) is 21.7 Å². The van der Waals surface area contributed by atoms with Crippen LogP contribution in [0.4, 0.5) is 0 Å². The largest absolute Gasteiger partial charge is 4.00 e. The van der Waals surface area contributed by atoms with Gasteiger partial charge < -0.3 is 37.2 Å². The Labute approximate surface area is 204 Å². The molecule has 0 bridgehead atoms. The van der Waals surface area contributed by atoms with Gasteiger partial charge >= 0.3 is 21.7 Å². The van der Waals surface area contributed by atoms with Crippen molar-refractivity contribution in [3.63, 3.8) is 0 Å². The molecule has 0 heterocycles. The molecule has 2 aromatic rings. The summed E-state index contributed by atoms with van der Waals surface area (Å²) in [6, 6.07) is 13.9.